The zero-order valence-corrected chi connectivity index (χ0v) is 47.3. The first-order chi connectivity index (χ1) is 35.8. The largest absolute Gasteiger partial charge is 0.458 e. The van der Waals surface area contributed by atoms with Crippen molar-refractivity contribution in [2.24, 2.45) is 0 Å². The van der Waals surface area contributed by atoms with E-state index in [-0.39, 0.29) is 48.9 Å². The molecule has 76 heavy (non-hydrogen) atoms. The van der Waals surface area contributed by atoms with Crippen molar-refractivity contribution in [2.75, 3.05) is 0 Å². The summed E-state index contributed by atoms with van der Waals surface area (Å²) in [5.41, 5.74) is 21.8. The van der Waals surface area contributed by atoms with Crippen molar-refractivity contribution in [1.82, 2.24) is 18.9 Å². The Morgan fingerprint density at radius 3 is 2.05 bits per heavy atom. The molecule has 0 saturated carbocycles. The summed E-state index contributed by atoms with van der Waals surface area (Å²) in [6, 6.07) is 58.2. The number of halogens is 1. The van der Waals surface area contributed by atoms with E-state index in [0.29, 0.717) is 0 Å². The predicted molar refractivity (Wildman–Crippen MR) is 312 cm³/mol. The third kappa shape index (κ3) is 7.90. The fourth-order valence-corrected chi connectivity index (χ4v) is 11.6. The molecule has 4 aromatic heterocycles. The molecule has 8 aromatic carbocycles. The number of aryl methyl sites for hydroxylation is 2. The van der Waals surface area contributed by atoms with E-state index in [0.717, 1.165) is 67.0 Å². The Labute approximate surface area is 458 Å². The molecule has 12 aromatic rings. The monoisotopic (exact) mass is 1170 g/mol. The van der Waals surface area contributed by atoms with E-state index >= 15 is 0 Å². The molecule has 0 aliphatic carbocycles. The average molecular weight is 1170 g/mol. The molecule has 0 atom stereocenters. The number of ether oxygens (including phenoxy) is 1. The summed E-state index contributed by atoms with van der Waals surface area (Å²) in [4.78, 5) is 9.52. The van der Waals surface area contributed by atoms with E-state index in [9.17, 15) is 4.39 Å². The van der Waals surface area contributed by atoms with E-state index in [1.54, 1.807) is 6.07 Å². The number of nitrogens with zero attached hydrogens (tertiary/aromatic N) is 4. The molecular formula is C68H58BFIrN4O-2. The maximum Gasteiger partial charge on any atom is 0.256 e. The molecule has 1 radical (unpaired) electrons. The minimum atomic E-state index is -0.275. The van der Waals surface area contributed by atoms with E-state index < -0.39 is 0 Å². The fourth-order valence-electron chi connectivity index (χ4n) is 11.6. The minimum absolute atomic E-state index is 0. The number of hydrogen-bond acceptors (Lipinski definition) is 3. The van der Waals surface area contributed by atoms with Gasteiger partial charge in [-0.15, -0.1) is 59.5 Å². The summed E-state index contributed by atoms with van der Waals surface area (Å²) in [6.07, 6.45) is 1.82. The molecule has 0 bridgehead atoms. The van der Waals surface area contributed by atoms with E-state index in [1.807, 2.05) is 32.2 Å². The molecule has 0 N–H and O–H groups in total. The van der Waals surface area contributed by atoms with Crippen molar-refractivity contribution in [2.45, 2.75) is 92.4 Å². The molecule has 5 nitrogen and oxygen atoms in total. The van der Waals surface area contributed by atoms with Gasteiger partial charge in [0.1, 0.15) is 11.5 Å². The summed E-state index contributed by atoms with van der Waals surface area (Å²) < 4.78 is 24.7. The molecule has 0 fully saturated rings. The van der Waals surface area contributed by atoms with Gasteiger partial charge in [-0.05, 0) is 146 Å². The van der Waals surface area contributed by atoms with E-state index in [2.05, 4.69) is 204 Å². The van der Waals surface area contributed by atoms with Gasteiger partial charge >= 0.3 is 0 Å². The van der Waals surface area contributed by atoms with Crippen LogP contribution < -0.4 is 21.1 Å². The van der Waals surface area contributed by atoms with Crippen LogP contribution in [-0.4, -0.2) is 25.6 Å². The van der Waals surface area contributed by atoms with Crippen LogP contribution in [-0.2, 0) is 36.4 Å². The van der Waals surface area contributed by atoms with Gasteiger partial charge in [-0.3, -0.25) is 9.37 Å². The van der Waals surface area contributed by atoms with Gasteiger partial charge in [0, 0.05) is 59.6 Å². The van der Waals surface area contributed by atoms with Crippen LogP contribution in [0, 0.1) is 31.8 Å². The minimum Gasteiger partial charge on any atom is -0.458 e. The maximum absolute atomic E-state index is 12.7. The second kappa shape index (κ2) is 17.6. The average Bonchev–Trinajstić information content (AvgIpc) is 3.97. The molecule has 0 unspecified atom stereocenters. The van der Waals surface area contributed by atoms with Crippen molar-refractivity contribution < 1.29 is 29.2 Å². The molecule has 0 saturated heterocycles. The maximum atomic E-state index is 12.7. The number of benzene rings is 8. The Bertz CT molecular complexity index is 4380. The van der Waals surface area contributed by atoms with Crippen LogP contribution >= 0.6 is 0 Å². The molecule has 8 heteroatoms. The van der Waals surface area contributed by atoms with Crippen molar-refractivity contribution in [3.63, 3.8) is 0 Å². The van der Waals surface area contributed by atoms with Crippen molar-refractivity contribution >= 4 is 83.3 Å². The van der Waals surface area contributed by atoms with Gasteiger partial charge in [-0.1, -0.05) is 128 Å². The van der Waals surface area contributed by atoms with Crippen LogP contribution in [0.2, 0.25) is 0 Å². The molecule has 14 rings (SSSR count). The number of hydrogen-bond donors (Lipinski definition) is 0. The second-order valence-corrected chi connectivity index (χ2v) is 24.0. The van der Waals surface area contributed by atoms with Crippen LogP contribution in [0.25, 0.3) is 88.2 Å². The molecular weight excluding hydrogens is 1110 g/mol. The van der Waals surface area contributed by atoms with Gasteiger partial charge in [0.25, 0.3) is 6.71 Å². The van der Waals surface area contributed by atoms with Gasteiger partial charge in [-0.2, -0.15) is 0 Å². The summed E-state index contributed by atoms with van der Waals surface area (Å²) >= 11 is 0. The van der Waals surface area contributed by atoms with Gasteiger partial charge in [0.15, 0.2) is 0 Å². The van der Waals surface area contributed by atoms with Crippen LogP contribution in [0.3, 0.4) is 0 Å². The first kappa shape index (κ1) is 49.5. The Morgan fingerprint density at radius 2 is 1.30 bits per heavy atom. The molecule has 0 amide bonds. The van der Waals surface area contributed by atoms with E-state index in [1.165, 1.54) is 89.0 Å². The van der Waals surface area contributed by atoms with Crippen molar-refractivity contribution in [1.29, 1.82) is 0 Å². The van der Waals surface area contributed by atoms with Gasteiger partial charge in [-0.25, -0.2) is 0 Å². The first-order valence-corrected chi connectivity index (χ1v) is 26.2. The van der Waals surface area contributed by atoms with Crippen molar-refractivity contribution in [3.8, 4) is 39.6 Å². The first-order valence-electron chi connectivity index (χ1n) is 26.2. The fraction of sp³-hybridized carbons (Fsp3) is 0.206. The topological polar surface area (TPSA) is 44.4 Å². The van der Waals surface area contributed by atoms with Crippen LogP contribution in [0.5, 0.6) is 11.5 Å². The molecule has 6 heterocycles. The number of imidazole rings is 1. The zero-order valence-electron chi connectivity index (χ0n) is 44.9. The molecule has 2 aliphatic rings. The third-order valence-corrected chi connectivity index (χ3v) is 15.9. The standard InChI is InChI=1S/C55H47BN3O.C13H11FN.Ir/c1-53(2,3)33-19-22-45-39(27-33)40-28-35(55(7,8)9)30-42-51(40)58(45)47-25-32(26-49-50(47)56(42)41-29-34(54(4,5)6)20-23-48(41)60-49)31-18-21-43-46(24-31)59-44-17-13-12-15-37(44)36-14-10-11-16-38(36)52(59)57-43;1-9-7-13(15-8-10(9)2)11-3-5-12(14)6-4-11;/h10-15,17-30H,1-9H3;3,5-8H,1-2H3;/q2*-1;. The van der Waals surface area contributed by atoms with Crippen LogP contribution in [0.1, 0.15) is 90.1 Å². The Morgan fingerprint density at radius 1 is 0.579 bits per heavy atom. The number of aromatic nitrogens is 4. The SMILES string of the molecule is CC(C)(C)c1ccc2c(c1)B1c3c(cc(-c4ccc5nc6c7[c-]cccc7c7ccccc7n6c5c4)cc3-n3c4ccc(C(C)(C)C)cc4c4cc(C(C)(C)C)cc1c43)O2.Cc1cnc(-c2[c-]cc(F)cc2)cc1C.[Ir]. The van der Waals surface area contributed by atoms with Crippen LogP contribution in [0.15, 0.2) is 152 Å². The normalized spacial score (nSPS) is 13.0. The summed E-state index contributed by atoms with van der Waals surface area (Å²) in [6.45, 7) is 24.9. The number of pyridine rings is 2. The van der Waals surface area contributed by atoms with Crippen LogP contribution in [0.4, 0.5) is 4.39 Å². The second-order valence-electron chi connectivity index (χ2n) is 24.0. The quantitative estimate of drug-likeness (QED) is 0.0984. The Hall–Kier alpha value is -7.38. The zero-order chi connectivity index (χ0) is 52.0. The number of fused-ring (bicyclic) bond motifs is 15. The molecule has 0 spiro atoms. The third-order valence-electron chi connectivity index (χ3n) is 15.9. The number of para-hydroxylation sites is 1. The van der Waals surface area contributed by atoms with Crippen molar-refractivity contribution in [3.05, 3.63) is 198 Å². The summed E-state index contributed by atoms with van der Waals surface area (Å²) in [5.74, 6) is 1.58. The van der Waals surface area contributed by atoms with Gasteiger partial charge in [0.2, 0.25) is 0 Å². The van der Waals surface area contributed by atoms with Gasteiger partial charge in [0.05, 0.1) is 22.2 Å². The summed E-state index contributed by atoms with van der Waals surface area (Å²) in [7, 11) is 0. The van der Waals surface area contributed by atoms with Gasteiger partial charge < -0.3 is 18.7 Å². The predicted octanol–water partition coefficient (Wildman–Crippen LogP) is 15.5. The Balaban J connectivity index is 0.000000315. The Kier molecular flexibility index (Phi) is 11.5. The smallest absolute Gasteiger partial charge is 0.256 e. The molecule has 2 aliphatic heterocycles. The van der Waals surface area contributed by atoms with E-state index in [4.69, 9.17) is 9.72 Å². The molecule has 377 valence electrons. The number of rotatable bonds is 2. The summed E-state index contributed by atoms with van der Waals surface area (Å²) in [5, 5.41) is 6.01.